The second kappa shape index (κ2) is 5.25. The van der Waals surface area contributed by atoms with Gasteiger partial charge in [-0.2, -0.15) is 0 Å². The number of carbonyl (C=O) groups excluding carboxylic acids is 1. The fraction of sp³-hybridized carbons (Fsp3) is 0.909. The van der Waals surface area contributed by atoms with Crippen LogP contribution in [-0.4, -0.2) is 12.6 Å². The maximum Gasteiger partial charge on any atom is 0.302 e. The van der Waals surface area contributed by atoms with E-state index < -0.39 is 0 Å². The molecule has 0 aliphatic heterocycles. The summed E-state index contributed by atoms with van der Waals surface area (Å²) in [6.07, 6.45) is 6.43. The average molecular weight is 184 g/mol. The molecule has 0 amide bonds. The molecule has 0 bridgehead atoms. The molecule has 13 heavy (non-hydrogen) atoms. The maximum absolute atomic E-state index is 10.6. The molecule has 0 atom stereocenters. The van der Waals surface area contributed by atoms with Crippen molar-refractivity contribution >= 4 is 5.97 Å². The van der Waals surface area contributed by atoms with Gasteiger partial charge in [0.1, 0.15) is 0 Å². The molecule has 1 aliphatic carbocycles. The van der Waals surface area contributed by atoms with E-state index in [-0.39, 0.29) is 5.97 Å². The maximum atomic E-state index is 10.6. The minimum absolute atomic E-state index is 0.141. The molecule has 0 saturated heterocycles. The molecule has 1 saturated carbocycles. The normalized spacial score (nSPS) is 28.5. The van der Waals surface area contributed by atoms with Gasteiger partial charge in [-0.15, -0.1) is 0 Å². The van der Waals surface area contributed by atoms with Crippen LogP contribution < -0.4 is 0 Å². The summed E-state index contributed by atoms with van der Waals surface area (Å²) in [6.45, 7) is 4.39. The lowest BCUT2D eigenvalue weighted by atomic mass is 9.81. The number of hydrogen-bond acceptors (Lipinski definition) is 2. The molecule has 1 aliphatic rings. The van der Waals surface area contributed by atoms with Crippen LogP contribution in [0.5, 0.6) is 0 Å². The van der Waals surface area contributed by atoms with Gasteiger partial charge < -0.3 is 4.74 Å². The van der Waals surface area contributed by atoms with Crippen LogP contribution in [-0.2, 0) is 9.53 Å². The number of ether oxygens (including phenoxy) is 1. The zero-order chi connectivity index (χ0) is 9.68. The van der Waals surface area contributed by atoms with Crippen molar-refractivity contribution in [2.75, 3.05) is 6.61 Å². The lowest BCUT2D eigenvalue weighted by Gasteiger charge is -2.27. The van der Waals surface area contributed by atoms with Crippen molar-refractivity contribution in [2.45, 2.75) is 46.0 Å². The van der Waals surface area contributed by atoms with E-state index >= 15 is 0 Å². The summed E-state index contributed by atoms with van der Waals surface area (Å²) in [6, 6.07) is 0. The van der Waals surface area contributed by atoms with Gasteiger partial charge in [-0.1, -0.05) is 26.2 Å². The molecule has 0 radical (unpaired) electrons. The Hall–Kier alpha value is -0.530. The van der Waals surface area contributed by atoms with Crippen molar-refractivity contribution in [1.82, 2.24) is 0 Å². The predicted molar refractivity (Wildman–Crippen MR) is 52.4 cm³/mol. The summed E-state index contributed by atoms with van der Waals surface area (Å²) in [4.78, 5) is 10.6. The van der Waals surface area contributed by atoms with Crippen molar-refractivity contribution in [3.63, 3.8) is 0 Å². The summed E-state index contributed by atoms with van der Waals surface area (Å²) < 4.78 is 5.01. The summed E-state index contributed by atoms with van der Waals surface area (Å²) in [5.74, 6) is 1.41. The van der Waals surface area contributed by atoms with E-state index in [9.17, 15) is 4.79 Å². The highest BCUT2D eigenvalue weighted by Crippen LogP contribution is 2.30. The van der Waals surface area contributed by atoms with Crippen LogP contribution >= 0.6 is 0 Å². The number of rotatable bonds is 3. The highest BCUT2D eigenvalue weighted by atomic mass is 16.5. The molecule has 1 fully saturated rings. The first-order valence-electron chi connectivity index (χ1n) is 5.35. The van der Waals surface area contributed by atoms with Gasteiger partial charge in [0.25, 0.3) is 0 Å². The van der Waals surface area contributed by atoms with E-state index in [4.69, 9.17) is 4.74 Å². The van der Waals surface area contributed by atoms with Gasteiger partial charge in [0.05, 0.1) is 6.61 Å². The predicted octanol–water partition coefficient (Wildman–Crippen LogP) is 2.77. The second-order valence-corrected chi connectivity index (χ2v) is 4.10. The third kappa shape index (κ3) is 3.79. The zero-order valence-corrected chi connectivity index (χ0v) is 8.71. The lowest BCUT2D eigenvalue weighted by Crippen LogP contribution is -2.19. The number of carbonyl (C=O) groups is 1. The average Bonchev–Trinajstić information content (AvgIpc) is 2.15. The van der Waals surface area contributed by atoms with E-state index in [2.05, 4.69) is 6.92 Å². The van der Waals surface area contributed by atoms with Crippen LogP contribution in [0.4, 0.5) is 0 Å². The minimum atomic E-state index is -0.141. The van der Waals surface area contributed by atoms with Crippen LogP contribution in [0.25, 0.3) is 0 Å². The fourth-order valence-corrected chi connectivity index (χ4v) is 2.04. The Morgan fingerprint density at radius 3 is 2.23 bits per heavy atom. The molecule has 2 nitrogen and oxygen atoms in total. The molecular weight excluding hydrogens is 164 g/mol. The van der Waals surface area contributed by atoms with Crippen LogP contribution in [0, 0.1) is 11.8 Å². The molecule has 76 valence electrons. The van der Waals surface area contributed by atoms with Crippen molar-refractivity contribution in [1.29, 1.82) is 0 Å². The van der Waals surface area contributed by atoms with Crippen molar-refractivity contribution in [3.8, 4) is 0 Å². The minimum Gasteiger partial charge on any atom is -0.466 e. The zero-order valence-electron chi connectivity index (χ0n) is 8.71. The largest absolute Gasteiger partial charge is 0.466 e. The van der Waals surface area contributed by atoms with Gasteiger partial charge in [0.2, 0.25) is 0 Å². The first-order chi connectivity index (χ1) is 6.22. The Bertz CT molecular complexity index is 157. The van der Waals surface area contributed by atoms with E-state index in [0.717, 1.165) is 5.92 Å². The van der Waals surface area contributed by atoms with Gasteiger partial charge in [-0.3, -0.25) is 4.79 Å². The van der Waals surface area contributed by atoms with Crippen LogP contribution in [0.1, 0.15) is 46.0 Å². The molecule has 1 rings (SSSR count). The fourth-order valence-electron chi connectivity index (χ4n) is 2.04. The van der Waals surface area contributed by atoms with Gasteiger partial charge in [-0.05, 0) is 24.7 Å². The van der Waals surface area contributed by atoms with Crippen LogP contribution in [0.2, 0.25) is 0 Å². The standard InChI is InChI=1S/C11H20O2/c1-3-10-4-6-11(7-5-10)8-13-9(2)12/h10-11H,3-8H2,1-2H3. The van der Waals surface area contributed by atoms with Crippen molar-refractivity contribution < 1.29 is 9.53 Å². The summed E-state index contributed by atoms with van der Waals surface area (Å²) in [5, 5.41) is 0. The third-order valence-electron chi connectivity index (χ3n) is 3.07. The molecule has 2 heteroatoms. The molecule has 0 heterocycles. The summed E-state index contributed by atoms with van der Waals surface area (Å²) in [5.41, 5.74) is 0. The van der Waals surface area contributed by atoms with Crippen molar-refractivity contribution in [3.05, 3.63) is 0 Å². The van der Waals surface area contributed by atoms with Crippen molar-refractivity contribution in [2.24, 2.45) is 11.8 Å². The Labute approximate surface area is 80.7 Å². The molecule has 0 spiro atoms. The molecule has 0 N–H and O–H groups in total. The van der Waals surface area contributed by atoms with Crippen LogP contribution in [0.15, 0.2) is 0 Å². The highest BCUT2D eigenvalue weighted by molar-refractivity contribution is 5.65. The molecule has 0 aromatic heterocycles. The van der Waals surface area contributed by atoms with Crippen LogP contribution in [0.3, 0.4) is 0 Å². The summed E-state index contributed by atoms with van der Waals surface area (Å²) >= 11 is 0. The third-order valence-corrected chi connectivity index (χ3v) is 3.07. The Balaban J connectivity index is 2.14. The van der Waals surface area contributed by atoms with Gasteiger partial charge in [-0.25, -0.2) is 0 Å². The van der Waals surface area contributed by atoms with E-state index in [1.54, 1.807) is 0 Å². The Kier molecular flexibility index (Phi) is 4.26. The lowest BCUT2D eigenvalue weighted by molar-refractivity contribution is -0.142. The topological polar surface area (TPSA) is 26.3 Å². The Morgan fingerprint density at radius 1 is 1.23 bits per heavy atom. The smallest absolute Gasteiger partial charge is 0.302 e. The Morgan fingerprint density at radius 2 is 1.77 bits per heavy atom. The first kappa shape index (κ1) is 10.6. The SMILES string of the molecule is CCC1CCC(COC(C)=O)CC1. The summed E-state index contributed by atoms with van der Waals surface area (Å²) in [7, 11) is 0. The number of esters is 1. The van der Waals surface area contributed by atoms with Gasteiger partial charge >= 0.3 is 5.97 Å². The first-order valence-corrected chi connectivity index (χ1v) is 5.35. The van der Waals surface area contributed by atoms with Gasteiger partial charge in [0.15, 0.2) is 0 Å². The second-order valence-electron chi connectivity index (χ2n) is 4.10. The molecule has 0 aromatic carbocycles. The van der Waals surface area contributed by atoms with E-state index in [1.165, 1.54) is 39.0 Å². The van der Waals surface area contributed by atoms with E-state index in [1.807, 2.05) is 0 Å². The highest BCUT2D eigenvalue weighted by Gasteiger charge is 2.20. The van der Waals surface area contributed by atoms with Gasteiger partial charge in [0, 0.05) is 6.92 Å². The quantitative estimate of drug-likeness (QED) is 0.630. The number of hydrogen-bond donors (Lipinski definition) is 0. The molecule has 0 unspecified atom stereocenters. The van der Waals surface area contributed by atoms with E-state index in [0.29, 0.717) is 12.5 Å². The monoisotopic (exact) mass is 184 g/mol. The molecule has 0 aromatic rings. The molecular formula is C11H20O2.